The zero-order valence-electron chi connectivity index (χ0n) is 16.9. The molecular weight excluding hydrogens is 332 g/mol. The van der Waals surface area contributed by atoms with Crippen LogP contribution in [-0.4, -0.2) is 19.0 Å². The summed E-state index contributed by atoms with van der Waals surface area (Å²) in [7, 11) is 0. The SMILES string of the molecule is Cc1ccc(CCC(=O)N[C@@H](C)c2ccc(N3CCC[C@H](C)C3)cc2)cc1. The van der Waals surface area contributed by atoms with Gasteiger partial charge in [0.15, 0.2) is 0 Å². The number of aryl methyl sites for hydroxylation is 2. The van der Waals surface area contributed by atoms with Crippen LogP contribution in [0.4, 0.5) is 5.69 Å². The number of carbonyl (C=O) groups is 1. The number of rotatable bonds is 6. The first kappa shape index (κ1) is 19.5. The van der Waals surface area contributed by atoms with E-state index in [1.54, 1.807) is 0 Å². The number of anilines is 1. The van der Waals surface area contributed by atoms with Crippen molar-refractivity contribution < 1.29 is 4.79 Å². The highest BCUT2D eigenvalue weighted by Gasteiger charge is 2.17. The van der Waals surface area contributed by atoms with Crippen molar-refractivity contribution in [3.63, 3.8) is 0 Å². The summed E-state index contributed by atoms with van der Waals surface area (Å²) in [5.74, 6) is 0.877. The molecule has 0 unspecified atom stereocenters. The van der Waals surface area contributed by atoms with Crippen molar-refractivity contribution in [3.8, 4) is 0 Å². The molecule has 1 aliphatic heterocycles. The van der Waals surface area contributed by atoms with Gasteiger partial charge in [-0.25, -0.2) is 0 Å². The number of piperidine rings is 1. The van der Waals surface area contributed by atoms with Crippen molar-refractivity contribution >= 4 is 11.6 Å². The second-order valence-corrected chi connectivity index (χ2v) is 8.06. The molecule has 0 spiro atoms. The summed E-state index contributed by atoms with van der Waals surface area (Å²) in [6, 6.07) is 17.1. The van der Waals surface area contributed by atoms with Gasteiger partial charge in [0.05, 0.1) is 6.04 Å². The monoisotopic (exact) mass is 364 g/mol. The van der Waals surface area contributed by atoms with Gasteiger partial charge in [0.2, 0.25) is 5.91 Å². The number of nitrogens with zero attached hydrogens (tertiary/aromatic N) is 1. The molecule has 1 saturated heterocycles. The molecular formula is C24H32N2O. The number of benzene rings is 2. The molecule has 1 fully saturated rings. The van der Waals surface area contributed by atoms with Crippen molar-refractivity contribution in [2.75, 3.05) is 18.0 Å². The van der Waals surface area contributed by atoms with Crippen molar-refractivity contribution in [2.45, 2.75) is 52.5 Å². The van der Waals surface area contributed by atoms with Crippen LogP contribution in [0.5, 0.6) is 0 Å². The average Bonchev–Trinajstić information content (AvgIpc) is 2.67. The van der Waals surface area contributed by atoms with E-state index < -0.39 is 0 Å². The van der Waals surface area contributed by atoms with Crippen LogP contribution in [0.1, 0.15) is 55.8 Å². The third-order valence-electron chi connectivity index (χ3n) is 5.55. The Morgan fingerprint density at radius 2 is 1.85 bits per heavy atom. The molecule has 3 nitrogen and oxygen atoms in total. The van der Waals surface area contributed by atoms with E-state index in [4.69, 9.17) is 0 Å². The minimum Gasteiger partial charge on any atom is -0.371 e. The molecule has 0 aromatic heterocycles. The van der Waals surface area contributed by atoms with E-state index in [-0.39, 0.29) is 11.9 Å². The van der Waals surface area contributed by atoms with E-state index in [1.807, 2.05) is 0 Å². The van der Waals surface area contributed by atoms with E-state index in [1.165, 1.54) is 29.7 Å². The standard InChI is InChI=1S/C24H32N2O/c1-18-6-8-21(9-7-18)10-15-24(27)25-20(3)22-11-13-23(14-12-22)26-16-4-5-19(2)17-26/h6-9,11-14,19-20H,4-5,10,15-17H2,1-3H3,(H,25,27)/t19-,20-/m0/s1. The molecule has 2 atom stereocenters. The summed E-state index contributed by atoms with van der Waals surface area (Å²) in [5, 5.41) is 3.13. The molecule has 0 saturated carbocycles. The second kappa shape index (κ2) is 9.07. The van der Waals surface area contributed by atoms with Gasteiger partial charge in [0.25, 0.3) is 0 Å². The van der Waals surface area contributed by atoms with E-state index in [0.717, 1.165) is 31.0 Å². The Labute approximate surface area is 163 Å². The summed E-state index contributed by atoms with van der Waals surface area (Å²) >= 11 is 0. The molecule has 0 radical (unpaired) electrons. The lowest BCUT2D eigenvalue weighted by Gasteiger charge is -2.33. The number of amides is 1. The van der Waals surface area contributed by atoms with Gasteiger partial charge in [-0.05, 0) is 62.3 Å². The number of hydrogen-bond donors (Lipinski definition) is 1. The maximum Gasteiger partial charge on any atom is 0.220 e. The highest BCUT2D eigenvalue weighted by molar-refractivity contribution is 5.76. The van der Waals surface area contributed by atoms with Crippen LogP contribution in [0.25, 0.3) is 0 Å². The lowest BCUT2D eigenvalue weighted by molar-refractivity contribution is -0.121. The molecule has 1 amide bonds. The zero-order chi connectivity index (χ0) is 19.2. The molecule has 144 valence electrons. The minimum absolute atomic E-state index is 0.0323. The van der Waals surface area contributed by atoms with Crippen molar-refractivity contribution in [1.29, 1.82) is 0 Å². The van der Waals surface area contributed by atoms with Crippen molar-refractivity contribution in [3.05, 3.63) is 65.2 Å². The Morgan fingerprint density at radius 3 is 2.52 bits per heavy atom. The summed E-state index contributed by atoms with van der Waals surface area (Å²) in [6.45, 7) is 8.76. The van der Waals surface area contributed by atoms with Gasteiger partial charge in [-0.1, -0.05) is 48.9 Å². The van der Waals surface area contributed by atoms with Crippen molar-refractivity contribution in [1.82, 2.24) is 5.32 Å². The average molecular weight is 365 g/mol. The number of nitrogens with one attached hydrogen (secondary N) is 1. The topological polar surface area (TPSA) is 32.3 Å². The van der Waals surface area contributed by atoms with Crippen LogP contribution < -0.4 is 10.2 Å². The molecule has 1 N–H and O–H groups in total. The summed E-state index contributed by atoms with van der Waals surface area (Å²) in [5.41, 5.74) is 4.92. The Morgan fingerprint density at radius 1 is 1.15 bits per heavy atom. The third kappa shape index (κ3) is 5.59. The van der Waals surface area contributed by atoms with Crippen LogP contribution in [-0.2, 0) is 11.2 Å². The van der Waals surface area contributed by atoms with E-state index in [0.29, 0.717) is 6.42 Å². The van der Waals surface area contributed by atoms with E-state index in [9.17, 15) is 4.79 Å². The van der Waals surface area contributed by atoms with Gasteiger partial charge in [-0.3, -0.25) is 4.79 Å². The molecule has 3 rings (SSSR count). The predicted molar refractivity (Wildman–Crippen MR) is 113 cm³/mol. The van der Waals surface area contributed by atoms with Crippen LogP contribution in [0.15, 0.2) is 48.5 Å². The van der Waals surface area contributed by atoms with Gasteiger partial charge >= 0.3 is 0 Å². The fraction of sp³-hybridized carbons (Fsp3) is 0.458. The lowest BCUT2D eigenvalue weighted by atomic mass is 9.99. The van der Waals surface area contributed by atoms with Gasteiger partial charge in [0.1, 0.15) is 0 Å². The molecule has 3 heteroatoms. The van der Waals surface area contributed by atoms with Gasteiger partial charge in [0, 0.05) is 25.2 Å². The number of hydrogen-bond acceptors (Lipinski definition) is 2. The minimum atomic E-state index is 0.0323. The van der Waals surface area contributed by atoms with Crippen LogP contribution in [0.3, 0.4) is 0 Å². The Hall–Kier alpha value is -2.29. The maximum atomic E-state index is 12.3. The molecule has 27 heavy (non-hydrogen) atoms. The highest BCUT2D eigenvalue weighted by atomic mass is 16.1. The van der Waals surface area contributed by atoms with Gasteiger partial charge in [-0.2, -0.15) is 0 Å². The fourth-order valence-electron chi connectivity index (χ4n) is 3.81. The largest absolute Gasteiger partial charge is 0.371 e. The molecule has 0 bridgehead atoms. The maximum absolute atomic E-state index is 12.3. The van der Waals surface area contributed by atoms with Gasteiger partial charge in [-0.15, -0.1) is 0 Å². The summed E-state index contributed by atoms with van der Waals surface area (Å²) in [4.78, 5) is 14.8. The lowest BCUT2D eigenvalue weighted by Crippen LogP contribution is -2.34. The first-order valence-electron chi connectivity index (χ1n) is 10.2. The Kier molecular flexibility index (Phi) is 6.54. The predicted octanol–water partition coefficient (Wildman–Crippen LogP) is 5.04. The zero-order valence-corrected chi connectivity index (χ0v) is 16.9. The summed E-state index contributed by atoms with van der Waals surface area (Å²) in [6.07, 6.45) is 3.92. The number of carbonyl (C=O) groups excluding carboxylic acids is 1. The smallest absolute Gasteiger partial charge is 0.220 e. The highest BCUT2D eigenvalue weighted by Crippen LogP contribution is 2.24. The van der Waals surface area contributed by atoms with Crippen LogP contribution in [0, 0.1) is 12.8 Å². The third-order valence-corrected chi connectivity index (χ3v) is 5.55. The normalized spacial score (nSPS) is 18.2. The van der Waals surface area contributed by atoms with Crippen LogP contribution >= 0.6 is 0 Å². The van der Waals surface area contributed by atoms with E-state index >= 15 is 0 Å². The molecule has 2 aromatic rings. The molecule has 0 aliphatic carbocycles. The van der Waals surface area contributed by atoms with Gasteiger partial charge < -0.3 is 10.2 Å². The molecule has 1 heterocycles. The molecule has 2 aromatic carbocycles. The first-order chi connectivity index (χ1) is 13.0. The fourth-order valence-corrected chi connectivity index (χ4v) is 3.81. The Balaban J connectivity index is 1.50. The molecule has 1 aliphatic rings. The van der Waals surface area contributed by atoms with Crippen molar-refractivity contribution in [2.24, 2.45) is 5.92 Å². The Bertz CT molecular complexity index is 736. The first-order valence-corrected chi connectivity index (χ1v) is 10.2. The quantitative estimate of drug-likeness (QED) is 0.779. The van der Waals surface area contributed by atoms with E-state index in [2.05, 4.69) is 79.5 Å². The second-order valence-electron chi connectivity index (χ2n) is 8.06. The summed E-state index contributed by atoms with van der Waals surface area (Å²) < 4.78 is 0. The van der Waals surface area contributed by atoms with Crippen LogP contribution in [0.2, 0.25) is 0 Å².